The van der Waals surface area contributed by atoms with Gasteiger partial charge in [0.15, 0.2) is 5.13 Å². The first-order chi connectivity index (χ1) is 17.4. The van der Waals surface area contributed by atoms with Gasteiger partial charge in [0.1, 0.15) is 17.3 Å². The predicted octanol–water partition coefficient (Wildman–Crippen LogP) is 6.02. The fourth-order valence-electron chi connectivity index (χ4n) is 4.33. The topological polar surface area (TPSA) is 79.7 Å². The Bertz CT molecular complexity index is 1510. The SMILES string of the molecule is CCOc1cccc(/C(O)=C2\C(=O)C(=O)N(c3nc4ccc(F)cc4s3)C2c2ccc(CC)cc2)c1. The Morgan fingerprint density at radius 1 is 1.08 bits per heavy atom. The van der Waals surface area contributed by atoms with E-state index in [-0.39, 0.29) is 16.5 Å². The van der Waals surface area contributed by atoms with E-state index in [9.17, 15) is 19.1 Å². The van der Waals surface area contributed by atoms with Crippen LogP contribution in [0.4, 0.5) is 9.52 Å². The van der Waals surface area contributed by atoms with Crippen LogP contribution in [0.3, 0.4) is 0 Å². The first kappa shape index (κ1) is 23.7. The van der Waals surface area contributed by atoms with E-state index in [1.54, 1.807) is 24.3 Å². The van der Waals surface area contributed by atoms with Crippen molar-refractivity contribution < 1.29 is 23.8 Å². The molecule has 1 amide bonds. The minimum absolute atomic E-state index is 0.0386. The molecule has 0 bridgehead atoms. The summed E-state index contributed by atoms with van der Waals surface area (Å²) in [6.07, 6.45) is 0.828. The molecule has 1 atom stereocenters. The zero-order valence-corrected chi connectivity index (χ0v) is 20.5. The van der Waals surface area contributed by atoms with Crippen LogP contribution in [-0.2, 0) is 16.0 Å². The number of aliphatic hydroxyl groups excluding tert-OH is 1. The molecule has 5 rings (SSSR count). The molecule has 3 aromatic carbocycles. The third-order valence-corrected chi connectivity index (χ3v) is 7.13. The number of nitrogens with zero attached hydrogens (tertiary/aromatic N) is 2. The van der Waals surface area contributed by atoms with Crippen molar-refractivity contribution in [2.24, 2.45) is 0 Å². The lowest BCUT2D eigenvalue weighted by Gasteiger charge is -2.23. The van der Waals surface area contributed by atoms with Gasteiger partial charge >= 0.3 is 5.91 Å². The molecule has 1 unspecified atom stereocenters. The molecule has 0 saturated carbocycles. The molecule has 36 heavy (non-hydrogen) atoms. The number of carbonyl (C=O) groups excluding carboxylic acids is 2. The van der Waals surface area contributed by atoms with E-state index < -0.39 is 23.5 Å². The van der Waals surface area contributed by atoms with Crippen LogP contribution >= 0.6 is 11.3 Å². The van der Waals surface area contributed by atoms with Gasteiger partial charge in [-0.1, -0.05) is 54.7 Å². The van der Waals surface area contributed by atoms with Crippen LogP contribution in [0.15, 0.2) is 72.3 Å². The second kappa shape index (κ2) is 9.54. The molecule has 1 N–H and O–H groups in total. The minimum Gasteiger partial charge on any atom is -0.507 e. The highest BCUT2D eigenvalue weighted by Gasteiger charge is 2.48. The fraction of sp³-hybridized carbons (Fsp3) is 0.179. The summed E-state index contributed by atoms with van der Waals surface area (Å²) in [4.78, 5) is 32.5. The van der Waals surface area contributed by atoms with Crippen LogP contribution in [0.5, 0.6) is 5.75 Å². The number of thiazole rings is 1. The number of rotatable bonds is 6. The van der Waals surface area contributed by atoms with Crippen molar-refractivity contribution in [3.8, 4) is 5.75 Å². The number of hydrogen-bond acceptors (Lipinski definition) is 6. The summed E-state index contributed by atoms with van der Waals surface area (Å²) in [7, 11) is 0. The lowest BCUT2D eigenvalue weighted by atomic mass is 9.94. The lowest BCUT2D eigenvalue weighted by molar-refractivity contribution is -0.132. The number of Topliss-reactive ketones (excluding diaryl/α,β-unsaturated/α-hetero) is 1. The van der Waals surface area contributed by atoms with Crippen LogP contribution in [0.1, 0.15) is 36.6 Å². The first-order valence-corrected chi connectivity index (χ1v) is 12.4. The largest absolute Gasteiger partial charge is 0.507 e. The highest BCUT2D eigenvalue weighted by atomic mass is 32.1. The Morgan fingerprint density at radius 3 is 2.58 bits per heavy atom. The van der Waals surface area contributed by atoms with Crippen LogP contribution in [0.25, 0.3) is 16.0 Å². The number of ether oxygens (including phenoxy) is 1. The summed E-state index contributed by atoms with van der Waals surface area (Å²) in [5.41, 5.74) is 2.58. The summed E-state index contributed by atoms with van der Waals surface area (Å²) in [5, 5.41) is 11.6. The van der Waals surface area contributed by atoms with Crippen molar-refractivity contribution >= 4 is 44.1 Å². The molecule has 1 aromatic heterocycles. The first-order valence-electron chi connectivity index (χ1n) is 11.6. The Balaban J connectivity index is 1.70. The zero-order chi connectivity index (χ0) is 25.4. The number of halogens is 1. The number of carbonyl (C=O) groups is 2. The molecule has 1 saturated heterocycles. The quantitative estimate of drug-likeness (QED) is 0.198. The smallest absolute Gasteiger partial charge is 0.301 e. The van der Waals surface area contributed by atoms with E-state index >= 15 is 0 Å². The maximum Gasteiger partial charge on any atom is 0.301 e. The van der Waals surface area contributed by atoms with E-state index in [1.807, 2.05) is 38.1 Å². The summed E-state index contributed by atoms with van der Waals surface area (Å²) in [6, 6.07) is 17.6. The summed E-state index contributed by atoms with van der Waals surface area (Å²) < 4.78 is 19.9. The van der Waals surface area contributed by atoms with Crippen LogP contribution in [0, 0.1) is 5.82 Å². The molecule has 1 fully saturated rings. The zero-order valence-electron chi connectivity index (χ0n) is 19.7. The second-order valence-electron chi connectivity index (χ2n) is 8.33. The Labute approximate surface area is 211 Å². The maximum absolute atomic E-state index is 13.8. The molecule has 0 aliphatic carbocycles. The van der Waals surface area contributed by atoms with E-state index in [1.165, 1.54) is 23.1 Å². The number of aliphatic hydroxyl groups is 1. The van der Waals surface area contributed by atoms with Crippen LogP contribution < -0.4 is 9.64 Å². The maximum atomic E-state index is 13.8. The Kier molecular flexibility index (Phi) is 6.28. The number of aromatic nitrogens is 1. The van der Waals surface area contributed by atoms with Gasteiger partial charge in [-0.05, 0) is 54.8 Å². The van der Waals surface area contributed by atoms with Crippen molar-refractivity contribution in [2.45, 2.75) is 26.3 Å². The van der Waals surface area contributed by atoms with Crippen molar-refractivity contribution in [3.63, 3.8) is 0 Å². The molecule has 0 spiro atoms. The molecule has 4 aromatic rings. The van der Waals surface area contributed by atoms with E-state index in [2.05, 4.69) is 4.98 Å². The van der Waals surface area contributed by atoms with Gasteiger partial charge in [0.2, 0.25) is 0 Å². The van der Waals surface area contributed by atoms with Crippen molar-refractivity contribution in [1.82, 2.24) is 4.98 Å². The predicted molar refractivity (Wildman–Crippen MR) is 138 cm³/mol. The fourth-order valence-corrected chi connectivity index (χ4v) is 5.34. The summed E-state index contributed by atoms with van der Waals surface area (Å²) >= 11 is 1.12. The van der Waals surface area contributed by atoms with Gasteiger partial charge in [-0.2, -0.15) is 0 Å². The van der Waals surface area contributed by atoms with Crippen LogP contribution in [0.2, 0.25) is 0 Å². The minimum atomic E-state index is -0.905. The molecule has 6 nitrogen and oxygen atoms in total. The molecule has 8 heteroatoms. The van der Waals surface area contributed by atoms with Gasteiger partial charge in [0.25, 0.3) is 5.78 Å². The van der Waals surface area contributed by atoms with Gasteiger partial charge < -0.3 is 9.84 Å². The monoisotopic (exact) mass is 502 g/mol. The van der Waals surface area contributed by atoms with Gasteiger partial charge in [-0.25, -0.2) is 9.37 Å². The number of amides is 1. The highest BCUT2D eigenvalue weighted by Crippen LogP contribution is 2.44. The normalized spacial score (nSPS) is 17.2. The summed E-state index contributed by atoms with van der Waals surface area (Å²) in [5.74, 6) is -1.80. The van der Waals surface area contributed by atoms with Gasteiger partial charge in [-0.3, -0.25) is 14.5 Å². The third-order valence-electron chi connectivity index (χ3n) is 6.11. The van der Waals surface area contributed by atoms with E-state index in [0.717, 1.165) is 23.3 Å². The molecule has 2 heterocycles. The number of benzene rings is 3. The lowest BCUT2D eigenvalue weighted by Crippen LogP contribution is -2.29. The third kappa shape index (κ3) is 4.13. The average molecular weight is 503 g/mol. The molecular formula is C28H23FN2O4S. The molecule has 1 aliphatic rings. The number of ketones is 1. The van der Waals surface area contributed by atoms with Crippen molar-refractivity contribution in [2.75, 3.05) is 11.5 Å². The standard InChI is InChI=1S/C28H23FN2O4S/c1-3-16-8-10-17(11-9-16)24-23(25(32)18-6-5-7-20(14-18)35-4-2)26(33)27(34)31(24)28-30-21-13-12-19(29)15-22(21)36-28/h5-15,24,32H,3-4H2,1-2H3/b25-23+. The number of hydrogen-bond donors (Lipinski definition) is 1. The number of aryl methyl sites for hydroxylation is 1. The van der Waals surface area contributed by atoms with E-state index in [0.29, 0.717) is 33.7 Å². The average Bonchev–Trinajstić information content (AvgIpc) is 3.41. The molecule has 0 radical (unpaired) electrons. The van der Waals surface area contributed by atoms with E-state index in [4.69, 9.17) is 4.74 Å². The molecular weight excluding hydrogens is 479 g/mol. The molecule has 182 valence electrons. The summed E-state index contributed by atoms with van der Waals surface area (Å²) in [6.45, 7) is 4.32. The number of fused-ring (bicyclic) bond motifs is 1. The van der Waals surface area contributed by atoms with Gasteiger partial charge in [-0.15, -0.1) is 0 Å². The molecule has 1 aliphatic heterocycles. The number of anilines is 1. The Morgan fingerprint density at radius 2 is 1.86 bits per heavy atom. The van der Waals surface area contributed by atoms with Crippen molar-refractivity contribution in [3.05, 3.63) is 94.8 Å². The van der Waals surface area contributed by atoms with Gasteiger partial charge in [0.05, 0.1) is 28.4 Å². The highest BCUT2D eigenvalue weighted by molar-refractivity contribution is 7.22. The van der Waals surface area contributed by atoms with Crippen LogP contribution in [-0.4, -0.2) is 28.4 Å². The second-order valence-corrected chi connectivity index (χ2v) is 9.34. The van der Waals surface area contributed by atoms with Gasteiger partial charge in [0, 0.05) is 5.56 Å². The van der Waals surface area contributed by atoms with Crippen molar-refractivity contribution in [1.29, 1.82) is 0 Å². The Hall–Kier alpha value is -4.04.